The van der Waals surface area contributed by atoms with Crippen LogP contribution in [0.25, 0.3) is 0 Å². The third-order valence-corrected chi connectivity index (χ3v) is 2.58. The molecule has 1 atom stereocenters. The molecule has 0 amide bonds. The summed E-state index contributed by atoms with van der Waals surface area (Å²) in [4.78, 5) is 4.05. The van der Waals surface area contributed by atoms with E-state index in [9.17, 15) is 0 Å². The van der Waals surface area contributed by atoms with Gasteiger partial charge in [0.1, 0.15) is 0 Å². The lowest BCUT2D eigenvalue weighted by atomic mass is 10.1. The molecule has 3 nitrogen and oxygen atoms in total. The number of pyridine rings is 1. The van der Waals surface area contributed by atoms with Crippen LogP contribution in [0.15, 0.2) is 48.8 Å². The molecule has 0 fully saturated rings. The molecule has 0 aliphatic rings. The van der Waals surface area contributed by atoms with Crippen molar-refractivity contribution in [2.45, 2.75) is 13.0 Å². The van der Waals surface area contributed by atoms with Crippen molar-refractivity contribution in [1.82, 2.24) is 4.98 Å². The molecule has 1 heterocycles. The van der Waals surface area contributed by atoms with Crippen molar-refractivity contribution in [3.8, 4) is 6.07 Å². The Hall–Kier alpha value is -2.34. The zero-order chi connectivity index (χ0) is 12.1. The highest BCUT2D eigenvalue weighted by atomic mass is 14.9. The molecule has 1 N–H and O–H groups in total. The van der Waals surface area contributed by atoms with Crippen LogP contribution >= 0.6 is 0 Å². The van der Waals surface area contributed by atoms with E-state index < -0.39 is 0 Å². The van der Waals surface area contributed by atoms with Gasteiger partial charge in [-0.1, -0.05) is 12.1 Å². The van der Waals surface area contributed by atoms with Gasteiger partial charge in [-0.3, -0.25) is 4.98 Å². The number of nitrogens with one attached hydrogen (secondary N) is 1. The zero-order valence-corrected chi connectivity index (χ0v) is 9.59. The SMILES string of the molecule is CC(Nc1cccnc1)c1ccc(C#N)cc1. The lowest BCUT2D eigenvalue weighted by molar-refractivity contribution is 0.882. The standard InChI is InChI=1S/C14H13N3/c1-11(17-14-3-2-8-16-10-14)13-6-4-12(9-15)5-7-13/h2-8,10-11,17H,1H3. The monoisotopic (exact) mass is 223 g/mol. The first-order valence-corrected chi connectivity index (χ1v) is 5.46. The summed E-state index contributed by atoms with van der Waals surface area (Å²) in [6, 6.07) is 13.8. The van der Waals surface area contributed by atoms with E-state index in [1.54, 1.807) is 12.4 Å². The van der Waals surface area contributed by atoms with Crippen molar-refractivity contribution in [1.29, 1.82) is 5.26 Å². The van der Waals surface area contributed by atoms with Crippen molar-refractivity contribution < 1.29 is 0 Å². The number of anilines is 1. The Labute approximate surface area is 101 Å². The highest BCUT2D eigenvalue weighted by Crippen LogP contribution is 2.18. The van der Waals surface area contributed by atoms with Crippen molar-refractivity contribution in [3.63, 3.8) is 0 Å². The Kier molecular flexibility index (Phi) is 3.37. The molecule has 0 radical (unpaired) electrons. The second-order valence-electron chi connectivity index (χ2n) is 3.84. The fourth-order valence-electron chi connectivity index (χ4n) is 1.63. The molecule has 1 unspecified atom stereocenters. The van der Waals surface area contributed by atoms with E-state index in [0.29, 0.717) is 5.56 Å². The smallest absolute Gasteiger partial charge is 0.0991 e. The van der Waals surface area contributed by atoms with Crippen LogP contribution in [0.4, 0.5) is 5.69 Å². The summed E-state index contributed by atoms with van der Waals surface area (Å²) in [6.45, 7) is 2.08. The minimum Gasteiger partial charge on any atom is -0.377 e. The topological polar surface area (TPSA) is 48.7 Å². The van der Waals surface area contributed by atoms with Gasteiger partial charge in [-0.25, -0.2) is 0 Å². The van der Waals surface area contributed by atoms with E-state index in [1.807, 2.05) is 36.4 Å². The first-order valence-electron chi connectivity index (χ1n) is 5.46. The molecular weight excluding hydrogens is 210 g/mol. The summed E-state index contributed by atoms with van der Waals surface area (Å²) in [7, 11) is 0. The molecule has 0 saturated carbocycles. The van der Waals surface area contributed by atoms with Gasteiger partial charge in [0, 0.05) is 18.4 Å². The number of rotatable bonds is 3. The Morgan fingerprint density at radius 2 is 2.00 bits per heavy atom. The van der Waals surface area contributed by atoms with Gasteiger partial charge in [-0.05, 0) is 36.8 Å². The van der Waals surface area contributed by atoms with Crippen molar-refractivity contribution in [2.24, 2.45) is 0 Å². The molecule has 84 valence electrons. The van der Waals surface area contributed by atoms with E-state index in [0.717, 1.165) is 11.3 Å². The average Bonchev–Trinajstić information content (AvgIpc) is 2.40. The predicted octanol–water partition coefficient (Wildman–Crippen LogP) is 3.13. The minimum absolute atomic E-state index is 0.187. The Bertz CT molecular complexity index is 511. The third-order valence-electron chi connectivity index (χ3n) is 2.58. The summed E-state index contributed by atoms with van der Waals surface area (Å²) < 4.78 is 0. The average molecular weight is 223 g/mol. The van der Waals surface area contributed by atoms with Gasteiger partial charge in [-0.2, -0.15) is 5.26 Å². The maximum atomic E-state index is 8.73. The van der Waals surface area contributed by atoms with Gasteiger partial charge in [0.25, 0.3) is 0 Å². The van der Waals surface area contributed by atoms with Crippen molar-refractivity contribution in [3.05, 3.63) is 59.9 Å². The van der Waals surface area contributed by atoms with Crippen molar-refractivity contribution >= 4 is 5.69 Å². The lowest BCUT2D eigenvalue weighted by Crippen LogP contribution is -2.06. The van der Waals surface area contributed by atoms with Gasteiger partial charge in [0.2, 0.25) is 0 Å². The molecule has 0 aliphatic carbocycles. The maximum Gasteiger partial charge on any atom is 0.0991 e. The molecule has 0 saturated heterocycles. The summed E-state index contributed by atoms with van der Waals surface area (Å²) in [5, 5.41) is 12.1. The molecule has 17 heavy (non-hydrogen) atoms. The zero-order valence-electron chi connectivity index (χ0n) is 9.59. The maximum absolute atomic E-state index is 8.73. The Morgan fingerprint density at radius 1 is 1.24 bits per heavy atom. The van der Waals surface area contributed by atoms with Crippen LogP contribution in [0.2, 0.25) is 0 Å². The fraction of sp³-hybridized carbons (Fsp3) is 0.143. The van der Waals surface area contributed by atoms with Crippen LogP contribution in [0, 0.1) is 11.3 Å². The Morgan fingerprint density at radius 3 is 2.59 bits per heavy atom. The second-order valence-corrected chi connectivity index (χ2v) is 3.84. The van der Waals surface area contributed by atoms with Gasteiger partial charge < -0.3 is 5.32 Å². The summed E-state index contributed by atoms with van der Waals surface area (Å²) >= 11 is 0. The number of hydrogen-bond acceptors (Lipinski definition) is 3. The quantitative estimate of drug-likeness (QED) is 0.869. The second kappa shape index (κ2) is 5.13. The normalized spacial score (nSPS) is 11.5. The van der Waals surface area contributed by atoms with Gasteiger partial charge in [0.05, 0.1) is 17.3 Å². The Balaban J connectivity index is 2.10. The van der Waals surface area contributed by atoms with E-state index in [4.69, 9.17) is 5.26 Å². The van der Waals surface area contributed by atoms with Crippen molar-refractivity contribution in [2.75, 3.05) is 5.32 Å². The number of benzene rings is 1. The van der Waals surface area contributed by atoms with Crippen LogP contribution in [0.5, 0.6) is 0 Å². The minimum atomic E-state index is 0.187. The lowest BCUT2D eigenvalue weighted by Gasteiger charge is -2.15. The van der Waals surface area contributed by atoms with Gasteiger partial charge in [0.15, 0.2) is 0 Å². The number of nitrogens with zero attached hydrogens (tertiary/aromatic N) is 2. The molecule has 0 aliphatic heterocycles. The molecule has 0 bridgehead atoms. The molecular formula is C14H13N3. The summed E-state index contributed by atoms with van der Waals surface area (Å²) in [6.07, 6.45) is 3.54. The predicted molar refractivity (Wildman–Crippen MR) is 67.4 cm³/mol. The van der Waals surface area contributed by atoms with Crippen LogP contribution < -0.4 is 5.32 Å². The molecule has 3 heteroatoms. The van der Waals surface area contributed by atoms with E-state index in [-0.39, 0.29) is 6.04 Å². The van der Waals surface area contributed by atoms with E-state index >= 15 is 0 Å². The van der Waals surface area contributed by atoms with Gasteiger partial charge in [-0.15, -0.1) is 0 Å². The molecule has 2 aromatic rings. The van der Waals surface area contributed by atoms with Crippen LogP contribution in [-0.4, -0.2) is 4.98 Å². The van der Waals surface area contributed by atoms with Crippen LogP contribution in [-0.2, 0) is 0 Å². The summed E-state index contributed by atoms with van der Waals surface area (Å²) in [5.74, 6) is 0. The van der Waals surface area contributed by atoms with Gasteiger partial charge >= 0.3 is 0 Å². The number of aromatic nitrogens is 1. The fourth-order valence-corrected chi connectivity index (χ4v) is 1.63. The highest BCUT2D eigenvalue weighted by Gasteiger charge is 2.04. The van der Waals surface area contributed by atoms with E-state index in [1.165, 1.54) is 0 Å². The molecule has 0 spiro atoms. The first kappa shape index (κ1) is 11.2. The number of nitriles is 1. The molecule has 1 aromatic carbocycles. The third kappa shape index (κ3) is 2.82. The van der Waals surface area contributed by atoms with E-state index in [2.05, 4.69) is 23.3 Å². The van der Waals surface area contributed by atoms with Crippen LogP contribution in [0.1, 0.15) is 24.1 Å². The first-order chi connectivity index (χ1) is 8.29. The number of hydrogen-bond donors (Lipinski definition) is 1. The molecule has 1 aromatic heterocycles. The largest absolute Gasteiger partial charge is 0.377 e. The summed E-state index contributed by atoms with van der Waals surface area (Å²) in [5.41, 5.74) is 2.82. The highest BCUT2D eigenvalue weighted by molar-refractivity contribution is 5.43. The van der Waals surface area contributed by atoms with Crippen LogP contribution in [0.3, 0.4) is 0 Å². The molecule has 2 rings (SSSR count).